The molecule has 2 aromatic heterocycles. The number of anilines is 1. The van der Waals surface area contributed by atoms with Crippen molar-refractivity contribution in [1.82, 2.24) is 19.7 Å². The van der Waals surface area contributed by atoms with Gasteiger partial charge in [-0.05, 0) is 42.0 Å². The molecule has 0 atom stereocenters. The van der Waals surface area contributed by atoms with E-state index in [9.17, 15) is 9.59 Å². The monoisotopic (exact) mass is 481 g/mol. The van der Waals surface area contributed by atoms with Gasteiger partial charge in [-0.1, -0.05) is 30.3 Å². The van der Waals surface area contributed by atoms with E-state index in [-0.39, 0.29) is 11.8 Å². The van der Waals surface area contributed by atoms with Crippen LogP contribution in [0.3, 0.4) is 0 Å². The molecule has 0 aliphatic heterocycles. The van der Waals surface area contributed by atoms with Gasteiger partial charge in [0.05, 0.1) is 19.3 Å². The van der Waals surface area contributed by atoms with Crippen molar-refractivity contribution in [2.45, 2.75) is 6.54 Å². The predicted molar refractivity (Wildman–Crippen MR) is 140 cm³/mol. The number of amides is 2. The van der Waals surface area contributed by atoms with Gasteiger partial charge in [0.1, 0.15) is 11.4 Å². The maximum Gasteiger partial charge on any atom is 0.253 e. The van der Waals surface area contributed by atoms with Crippen LogP contribution in [0.15, 0.2) is 85.3 Å². The highest BCUT2D eigenvalue weighted by molar-refractivity contribution is 6.04. The lowest BCUT2D eigenvalue weighted by molar-refractivity contribution is -0.111. The van der Waals surface area contributed by atoms with E-state index in [4.69, 9.17) is 9.84 Å². The molecule has 0 bridgehead atoms. The van der Waals surface area contributed by atoms with E-state index in [1.54, 1.807) is 50.8 Å². The Labute approximate surface area is 209 Å². The number of methoxy groups -OCH3 is 1. The fourth-order valence-corrected chi connectivity index (χ4v) is 3.67. The molecule has 0 fully saturated rings. The molecule has 0 unspecified atom stereocenters. The largest absolute Gasteiger partial charge is 0.495 e. The second-order valence-corrected chi connectivity index (χ2v) is 8.30. The van der Waals surface area contributed by atoms with Crippen LogP contribution in [0.1, 0.15) is 21.5 Å². The summed E-state index contributed by atoms with van der Waals surface area (Å²) in [5.74, 6) is -0.0786. The molecule has 4 aromatic rings. The van der Waals surface area contributed by atoms with Crippen molar-refractivity contribution >= 4 is 23.6 Å². The van der Waals surface area contributed by atoms with Crippen LogP contribution in [-0.4, -0.2) is 52.7 Å². The van der Waals surface area contributed by atoms with Crippen LogP contribution in [0, 0.1) is 0 Å². The third-order valence-corrected chi connectivity index (χ3v) is 5.44. The van der Waals surface area contributed by atoms with E-state index in [1.807, 2.05) is 53.3 Å². The number of nitrogens with zero attached hydrogens (tertiary/aromatic N) is 4. The topological polar surface area (TPSA) is 89.4 Å². The summed E-state index contributed by atoms with van der Waals surface area (Å²) in [5, 5.41) is 7.55. The fourth-order valence-electron chi connectivity index (χ4n) is 3.67. The number of nitrogens with one attached hydrogen (secondary N) is 1. The second kappa shape index (κ2) is 11.1. The maximum atomic E-state index is 12.8. The minimum Gasteiger partial charge on any atom is -0.495 e. The van der Waals surface area contributed by atoms with Gasteiger partial charge in [0, 0.05) is 55.5 Å². The van der Waals surface area contributed by atoms with Crippen LogP contribution in [0.4, 0.5) is 5.69 Å². The first kappa shape index (κ1) is 24.4. The Bertz CT molecular complexity index is 1380. The lowest BCUT2D eigenvalue weighted by Gasteiger charge is -2.14. The number of benzene rings is 2. The summed E-state index contributed by atoms with van der Waals surface area (Å²) in [5.41, 5.74) is 4.32. The van der Waals surface area contributed by atoms with Gasteiger partial charge in [-0.15, -0.1) is 0 Å². The highest BCUT2D eigenvalue weighted by atomic mass is 16.5. The molecule has 8 heteroatoms. The van der Waals surface area contributed by atoms with Gasteiger partial charge in [0.15, 0.2) is 0 Å². The number of ether oxygens (including phenoxy) is 1. The standard InChI is InChI=1S/C28H27N5O3/c1-32(2)28(35)21-11-13-25(36-3)24(16-21)30-26(34)14-12-23-19-33(18-20-8-5-4-6-9-20)31-27(23)22-10-7-15-29-17-22/h4-17,19H,18H2,1-3H3,(H,30,34)/b14-12+. The minimum atomic E-state index is -0.365. The number of hydrogen-bond acceptors (Lipinski definition) is 5. The zero-order chi connectivity index (χ0) is 25.5. The lowest BCUT2D eigenvalue weighted by atomic mass is 10.1. The molecule has 0 spiro atoms. The van der Waals surface area contributed by atoms with Crippen molar-refractivity contribution in [2.24, 2.45) is 0 Å². The zero-order valence-electron chi connectivity index (χ0n) is 20.4. The predicted octanol–water partition coefficient (Wildman–Crippen LogP) is 4.36. The smallest absolute Gasteiger partial charge is 0.253 e. The first-order valence-corrected chi connectivity index (χ1v) is 11.3. The summed E-state index contributed by atoms with van der Waals surface area (Å²) in [7, 11) is 4.85. The molecule has 0 radical (unpaired) electrons. The molecule has 0 aliphatic rings. The first-order chi connectivity index (χ1) is 17.4. The van der Waals surface area contributed by atoms with Crippen molar-refractivity contribution in [3.8, 4) is 17.0 Å². The van der Waals surface area contributed by atoms with E-state index >= 15 is 0 Å². The van der Waals surface area contributed by atoms with Crippen molar-refractivity contribution in [3.05, 3.63) is 102 Å². The van der Waals surface area contributed by atoms with E-state index < -0.39 is 0 Å². The molecular formula is C28H27N5O3. The average molecular weight is 482 g/mol. The van der Waals surface area contributed by atoms with Crippen LogP contribution in [0.2, 0.25) is 0 Å². The van der Waals surface area contributed by atoms with E-state index in [2.05, 4.69) is 10.3 Å². The summed E-state index contributed by atoms with van der Waals surface area (Å²) >= 11 is 0. The van der Waals surface area contributed by atoms with Crippen molar-refractivity contribution in [2.75, 3.05) is 26.5 Å². The zero-order valence-corrected chi connectivity index (χ0v) is 20.4. The maximum absolute atomic E-state index is 12.8. The van der Waals surface area contributed by atoms with E-state index in [1.165, 1.54) is 18.1 Å². The molecule has 36 heavy (non-hydrogen) atoms. The third-order valence-electron chi connectivity index (χ3n) is 5.44. The second-order valence-electron chi connectivity index (χ2n) is 8.30. The van der Waals surface area contributed by atoms with Gasteiger partial charge in [-0.2, -0.15) is 5.10 Å². The summed E-state index contributed by atoms with van der Waals surface area (Å²) in [6.45, 7) is 0.595. The van der Waals surface area contributed by atoms with Crippen LogP contribution in [0.5, 0.6) is 5.75 Å². The van der Waals surface area contributed by atoms with Gasteiger partial charge in [0.2, 0.25) is 5.91 Å². The summed E-state index contributed by atoms with van der Waals surface area (Å²) < 4.78 is 7.20. The van der Waals surface area contributed by atoms with E-state index in [0.29, 0.717) is 23.5 Å². The van der Waals surface area contributed by atoms with Crippen LogP contribution in [0.25, 0.3) is 17.3 Å². The SMILES string of the molecule is COc1ccc(C(=O)N(C)C)cc1NC(=O)/C=C/c1cn(Cc2ccccc2)nc1-c1cccnc1. The van der Waals surface area contributed by atoms with Crippen molar-refractivity contribution in [3.63, 3.8) is 0 Å². The molecule has 1 N–H and O–H groups in total. The molecule has 0 saturated heterocycles. The third kappa shape index (κ3) is 5.85. The van der Waals surface area contributed by atoms with Gasteiger partial charge in [0.25, 0.3) is 5.91 Å². The van der Waals surface area contributed by atoms with Crippen molar-refractivity contribution in [1.29, 1.82) is 0 Å². The Morgan fingerprint density at radius 2 is 1.89 bits per heavy atom. The first-order valence-electron chi connectivity index (χ1n) is 11.3. The molecular weight excluding hydrogens is 454 g/mol. The molecule has 4 rings (SSSR count). The van der Waals surface area contributed by atoms with Gasteiger partial charge < -0.3 is 15.0 Å². The van der Waals surface area contributed by atoms with Crippen LogP contribution in [-0.2, 0) is 11.3 Å². The minimum absolute atomic E-state index is 0.171. The number of carbonyl (C=O) groups is 2. The summed E-state index contributed by atoms with van der Waals surface area (Å²) in [6, 6.07) is 18.7. The van der Waals surface area contributed by atoms with Crippen molar-refractivity contribution < 1.29 is 14.3 Å². The lowest BCUT2D eigenvalue weighted by Crippen LogP contribution is -2.22. The fraction of sp³-hybridized carbons (Fsp3) is 0.143. The number of aromatic nitrogens is 3. The molecule has 0 saturated carbocycles. The number of pyridine rings is 1. The Hall–Kier alpha value is -4.72. The summed E-state index contributed by atoms with van der Waals surface area (Å²) in [6.07, 6.45) is 8.49. The molecule has 2 aromatic carbocycles. The van der Waals surface area contributed by atoms with Crippen LogP contribution >= 0.6 is 0 Å². The van der Waals surface area contributed by atoms with Gasteiger partial charge in [-0.25, -0.2) is 0 Å². The Morgan fingerprint density at radius 3 is 2.58 bits per heavy atom. The normalized spacial score (nSPS) is 10.9. The van der Waals surface area contributed by atoms with Gasteiger partial charge in [-0.3, -0.25) is 19.3 Å². The Balaban J connectivity index is 1.59. The number of carbonyl (C=O) groups excluding carboxylic acids is 2. The molecule has 0 aliphatic carbocycles. The van der Waals surface area contributed by atoms with E-state index in [0.717, 1.165) is 22.4 Å². The number of hydrogen-bond donors (Lipinski definition) is 1. The van der Waals surface area contributed by atoms with Gasteiger partial charge >= 0.3 is 0 Å². The van der Waals surface area contributed by atoms with Crippen LogP contribution < -0.4 is 10.1 Å². The quantitative estimate of drug-likeness (QED) is 0.378. The summed E-state index contributed by atoms with van der Waals surface area (Å²) in [4.78, 5) is 30.8. The molecule has 2 amide bonds. The molecule has 2 heterocycles. The highest BCUT2D eigenvalue weighted by Crippen LogP contribution is 2.27. The molecule has 182 valence electrons. The number of rotatable bonds is 8. The average Bonchev–Trinajstić information content (AvgIpc) is 3.30. The Morgan fingerprint density at radius 1 is 1.08 bits per heavy atom. The molecule has 8 nitrogen and oxygen atoms in total. The Kier molecular flexibility index (Phi) is 7.55. The highest BCUT2D eigenvalue weighted by Gasteiger charge is 2.14.